The van der Waals surface area contributed by atoms with Crippen molar-refractivity contribution in [2.24, 2.45) is 0 Å². The van der Waals surface area contributed by atoms with Crippen LogP contribution in [0.4, 0.5) is 8.78 Å². The molecule has 0 amide bonds. The molecular formula is C14H17F2NO4. The number of benzene rings is 1. The summed E-state index contributed by atoms with van der Waals surface area (Å²) in [6.07, 6.45) is -0.655. The third-order valence-corrected chi connectivity index (χ3v) is 3.02. The van der Waals surface area contributed by atoms with Crippen molar-refractivity contribution in [3.63, 3.8) is 0 Å². The standard InChI is InChI=1S/C14H17F2NO4/c1-19-5-3-17-8-9-6-10(15)13(11(16)7-9)21-12-2-4-20-14(12)18/h6-7,12,17H,2-5,8H2,1H3. The Hall–Kier alpha value is -1.73. The van der Waals surface area contributed by atoms with Crippen molar-refractivity contribution in [2.45, 2.75) is 19.1 Å². The van der Waals surface area contributed by atoms with Crippen LogP contribution in [0.5, 0.6) is 5.75 Å². The van der Waals surface area contributed by atoms with Crippen LogP contribution in [-0.2, 0) is 20.8 Å². The lowest BCUT2D eigenvalue weighted by molar-refractivity contribution is -0.143. The van der Waals surface area contributed by atoms with Crippen LogP contribution >= 0.6 is 0 Å². The van der Waals surface area contributed by atoms with Gasteiger partial charge in [0.05, 0.1) is 13.2 Å². The first-order valence-electron chi connectivity index (χ1n) is 6.62. The minimum Gasteiger partial charge on any atom is -0.472 e. The van der Waals surface area contributed by atoms with Gasteiger partial charge in [-0.25, -0.2) is 13.6 Å². The van der Waals surface area contributed by atoms with Crippen molar-refractivity contribution in [3.8, 4) is 5.75 Å². The van der Waals surface area contributed by atoms with E-state index in [-0.39, 0.29) is 13.0 Å². The Morgan fingerprint density at radius 2 is 2.10 bits per heavy atom. The Balaban J connectivity index is 2.01. The fraction of sp³-hybridized carbons (Fsp3) is 0.500. The van der Waals surface area contributed by atoms with E-state index in [0.717, 1.165) is 0 Å². The quantitative estimate of drug-likeness (QED) is 0.609. The van der Waals surface area contributed by atoms with Gasteiger partial charge in [0.1, 0.15) is 0 Å². The molecule has 7 heteroatoms. The van der Waals surface area contributed by atoms with Gasteiger partial charge in [0.25, 0.3) is 0 Å². The first-order valence-corrected chi connectivity index (χ1v) is 6.62. The number of hydrogen-bond acceptors (Lipinski definition) is 5. The van der Waals surface area contributed by atoms with Crippen LogP contribution < -0.4 is 10.1 Å². The fourth-order valence-corrected chi connectivity index (χ4v) is 1.96. The summed E-state index contributed by atoms with van der Waals surface area (Å²) < 4.78 is 42.4. The van der Waals surface area contributed by atoms with Crippen LogP contribution in [-0.4, -0.2) is 38.9 Å². The van der Waals surface area contributed by atoms with Crippen LogP contribution in [0, 0.1) is 11.6 Å². The number of nitrogens with one attached hydrogen (secondary N) is 1. The Morgan fingerprint density at radius 1 is 1.38 bits per heavy atom. The van der Waals surface area contributed by atoms with Crippen molar-refractivity contribution in [1.29, 1.82) is 0 Å². The highest BCUT2D eigenvalue weighted by atomic mass is 19.1. The number of ether oxygens (including phenoxy) is 3. The lowest BCUT2D eigenvalue weighted by atomic mass is 10.2. The van der Waals surface area contributed by atoms with E-state index in [1.165, 1.54) is 12.1 Å². The van der Waals surface area contributed by atoms with Crippen molar-refractivity contribution in [3.05, 3.63) is 29.3 Å². The summed E-state index contributed by atoms with van der Waals surface area (Å²) in [4.78, 5) is 11.3. The summed E-state index contributed by atoms with van der Waals surface area (Å²) in [5, 5.41) is 2.98. The second kappa shape index (κ2) is 7.33. The van der Waals surface area contributed by atoms with Crippen LogP contribution in [0.25, 0.3) is 0 Å². The van der Waals surface area contributed by atoms with E-state index in [1.54, 1.807) is 7.11 Å². The van der Waals surface area contributed by atoms with E-state index in [4.69, 9.17) is 9.47 Å². The van der Waals surface area contributed by atoms with Crippen molar-refractivity contribution < 1.29 is 27.8 Å². The molecule has 0 aliphatic carbocycles. The van der Waals surface area contributed by atoms with Crippen LogP contribution in [0.1, 0.15) is 12.0 Å². The minimum atomic E-state index is -0.945. The molecule has 1 aromatic carbocycles. The van der Waals surface area contributed by atoms with Gasteiger partial charge < -0.3 is 19.5 Å². The number of hydrogen-bond donors (Lipinski definition) is 1. The van der Waals surface area contributed by atoms with Crippen molar-refractivity contribution in [1.82, 2.24) is 5.32 Å². The summed E-state index contributed by atoms with van der Waals surface area (Å²) in [7, 11) is 1.57. The first-order chi connectivity index (χ1) is 10.1. The molecule has 1 heterocycles. The van der Waals surface area contributed by atoms with Crippen molar-refractivity contribution >= 4 is 5.97 Å². The molecule has 0 saturated carbocycles. The van der Waals surface area contributed by atoms with E-state index in [1.807, 2.05) is 0 Å². The van der Waals surface area contributed by atoms with Crippen LogP contribution in [0.3, 0.4) is 0 Å². The molecule has 1 N–H and O–H groups in total. The molecule has 1 saturated heterocycles. The Morgan fingerprint density at radius 3 is 2.67 bits per heavy atom. The third kappa shape index (κ3) is 4.12. The molecule has 5 nitrogen and oxygen atoms in total. The van der Waals surface area contributed by atoms with Gasteiger partial charge in [-0.3, -0.25) is 0 Å². The van der Waals surface area contributed by atoms with Gasteiger partial charge >= 0.3 is 5.97 Å². The maximum absolute atomic E-state index is 13.9. The number of rotatable bonds is 7. The fourth-order valence-electron chi connectivity index (χ4n) is 1.96. The van der Waals surface area contributed by atoms with Crippen LogP contribution in [0.2, 0.25) is 0 Å². The molecule has 1 aromatic rings. The molecular weight excluding hydrogens is 284 g/mol. The highest BCUT2D eigenvalue weighted by Crippen LogP contribution is 2.26. The molecule has 1 unspecified atom stereocenters. The van der Waals surface area contributed by atoms with E-state index < -0.39 is 29.5 Å². The molecule has 21 heavy (non-hydrogen) atoms. The summed E-state index contributed by atoms with van der Waals surface area (Å²) in [6, 6.07) is 2.36. The first kappa shape index (κ1) is 15.7. The molecule has 1 aliphatic heterocycles. The van der Waals surface area contributed by atoms with E-state index in [0.29, 0.717) is 25.3 Å². The zero-order valence-corrected chi connectivity index (χ0v) is 11.7. The summed E-state index contributed by atoms with van der Waals surface area (Å²) in [5.74, 6) is -2.81. The number of carbonyl (C=O) groups excluding carboxylic acids is 1. The Labute approximate surface area is 121 Å². The van der Waals surface area contributed by atoms with Gasteiger partial charge in [0.2, 0.25) is 0 Å². The average molecular weight is 301 g/mol. The van der Waals surface area contributed by atoms with Crippen LogP contribution in [0.15, 0.2) is 12.1 Å². The van der Waals surface area contributed by atoms with Gasteiger partial charge in [0, 0.05) is 26.6 Å². The molecule has 0 radical (unpaired) electrons. The molecule has 2 rings (SSSR count). The summed E-state index contributed by atoms with van der Waals surface area (Å²) in [5.41, 5.74) is 0.447. The maximum atomic E-state index is 13.9. The monoisotopic (exact) mass is 301 g/mol. The number of halogens is 2. The lowest BCUT2D eigenvalue weighted by Crippen LogP contribution is -2.23. The molecule has 1 fully saturated rings. The molecule has 0 spiro atoms. The van der Waals surface area contributed by atoms with Gasteiger partial charge in [-0.15, -0.1) is 0 Å². The van der Waals surface area contributed by atoms with Gasteiger partial charge in [-0.2, -0.15) is 0 Å². The summed E-state index contributed by atoms with van der Waals surface area (Å²) in [6.45, 7) is 1.60. The highest BCUT2D eigenvalue weighted by molar-refractivity contribution is 5.76. The minimum absolute atomic E-state index is 0.203. The second-order valence-corrected chi connectivity index (χ2v) is 4.62. The number of carbonyl (C=O) groups is 1. The normalized spacial score (nSPS) is 17.9. The zero-order chi connectivity index (χ0) is 15.2. The van der Waals surface area contributed by atoms with E-state index in [2.05, 4.69) is 10.1 Å². The topological polar surface area (TPSA) is 56.8 Å². The Bertz CT molecular complexity index is 487. The largest absolute Gasteiger partial charge is 0.472 e. The average Bonchev–Trinajstić information content (AvgIpc) is 2.84. The predicted octanol–water partition coefficient (Wildman–Crippen LogP) is 1.40. The molecule has 0 bridgehead atoms. The predicted molar refractivity (Wildman–Crippen MR) is 69.9 cm³/mol. The third-order valence-electron chi connectivity index (χ3n) is 3.02. The van der Waals surface area contributed by atoms with Gasteiger partial charge in [-0.1, -0.05) is 0 Å². The molecule has 1 atom stereocenters. The smallest absolute Gasteiger partial charge is 0.347 e. The number of methoxy groups -OCH3 is 1. The van der Waals surface area contributed by atoms with E-state index >= 15 is 0 Å². The number of esters is 1. The number of cyclic esters (lactones) is 1. The van der Waals surface area contributed by atoms with Gasteiger partial charge in [0.15, 0.2) is 23.5 Å². The van der Waals surface area contributed by atoms with Crippen molar-refractivity contribution in [2.75, 3.05) is 26.9 Å². The van der Waals surface area contributed by atoms with E-state index in [9.17, 15) is 13.6 Å². The SMILES string of the molecule is COCCNCc1cc(F)c(OC2CCOC2=O)c(F)c1. The second-order valence-electron chi connectivity index (χ2n) is 4.62. The molecule has 0 aromatic heterocycles. The maximum Gasteiger partial charge on any atom is 0.347 e. The molecule has 1 aliphatic rings. The highest BCUT2D eigenvalue weighted by Gasteiger charge is 2.30. The Kier molecular flexibility index (Phi) is 5.46. The van der Waals surface area contributed by atoms with Gasteiger partial charge in [-0.05, 0) is 17.7 Å². The molecule has 116 valence electrons. The lowest BCUT2D eigenvalue weighted by Gasteiger charge is -2.13. The zero-order valence-electron chi connectivity index (χ0n) is 11.7. The summed E-state index contributed by atoms with van der Waals surface area (Å²) >= 11 is 0.